The summed E-state index contributed by atoms with van der Waals surface area (Å²) >= 11 is 1.42. The minimum atomic E-state index is -3.30. The quantitative estimate of drug-likeness (QED) is 0.388. The van der Waals surface area contributed by atoms with Gasteiger partial charge in [-0.3, -0.25) is 24.8 Å². The second-order valence-corrected chi connectivity index (χ2v) is 12.7. The van der Waals surface area contributed by atoms with E-state index >= 15 is 0 Å². The van der Waals surface area contributed by atoms with Crippen LogP contribution in [0.5, 0.6) is 0 Å². The smallest absolute Gasteiger partial charge is 0.278 e. The van der Waals surface area contributed by atoms with Crippen LogP contribution in [0.3, 0.4) is 0 Å². The van der Waals surface area contributed by atoms with Crippen LogP contribution in [0.25, 0.3) is 0 Å². The molecule has 0 radical (unpaired) electrons. The van der Waals surface area contributed by atoms with E-state index in [0.29, 0.717) is 43.2 Å². The van der Waals surface area contributed by atoms with E-state index in [1.54, 1.807) is 35.4 Å². The van der Waals surface area contributed by atoms with Gasteiger partial charge in [0.05, 0.1) is 10.1 Å². The lowest BCUT2D eigenvalue weighted by molar-refractivity contribution is -0.119. The molecule has 0 bridgehead atoms. The van der Waals surface area contributed by atoms with Crippen molar-refractivity contribution in [3.05, 3.63) is 40.9 Å². The number of piperazine rings is 1. The van der Waals surface area contributed by atoms with Crippen LogP contribution in [0.15, 0.2) is 40.5 Å². The number of hydrogen-bond acceptors (Lipinski definition) is 9. The Morgan fingerprint density at radius 2 is 1.78 bits per heavy atom. The number of nitrogens with zero attached hydrogens (tertiary/aromatic N) is 5. The Balaban J connectivity index is 1.29. The van der Waals surface area contributed by atoms with E-state index in [-0.39, 0.29) is 21.8 Å². The van der Waals surface area contributed by atoms with Crippen LogP contribution in [0, 0.1) is 0 Å². The number of anilines is 1. The van der Waals surface area contributed by atoms with Gasteiger partial charge in [-0.05, 0) is 37.8 Å². The van der Waals surface area contributed by atoms with E-state index in [1.165, 1.54) is 11.3 Å². The number of hydrazone groups is 1. The largest absolute Gasteiger partial charge is 0.343 e. The summed E-state index contributed by atoms with van der Waals surface area (Å²) < 4.78 is 25.1. The topological polar surface area (TPSA) is 115 Å². The zero-order valence-corrected chi connectivity index (χ0v) is 21.6. The predicted molar refractivity (Wildman–Crippen MR) is 138 cm³/mol. The molecule has 192 valence electrons. The lowest BCUT2D eigenvalue weighted by Crippen LogP contribution is -2.44. The van der Waals surface area contributed by atoms with Crippen LogP contribution in [0.2, 0.25) is 0 Å². The summed E-state index contributed by atoms with van der Waals surface area (Å²) in [5.41, 5.74) is 0.813. The fourth-order valence-corrected chi connectivity index (χ4v) is 6.90. The van der Waals surface area contributed by atoms with Gasteiger partial charge in [0, 0.05) is 62.5 Å². The maximum atomic E-state index is 13.3. The second-order valence-electron chi connectivity index (χ2n) is 9.38. The third kappa shape index (κ3) is 5.76. The molecule has 1 N–H and O–H groups in total. The number of nitrogens with one attached hydrogen (secondary N) is 1. The number of hydrogen-bond donors (Lipinski definition) is 1. The molecule has 3 fully saturated rings. The standard InChI is InChI=1S/C24H30N6O4S2/c31-17-29-13-11-28(12-14-29)16-19-15-25-24(35-19)26-23(32)22(27-30-9-1-2-10-30)18-3-5-20(6-4-18)36(33,34)21-7-8-21/h3-6,15,17,21H,1-2,7-14,16H2,(H,25,26,32)/b27-22+. The van der Waals surface area contributed by atoms with E-state index in [9.17, 15) is 18.0 Å². The minimum absolute atomic E-state index is 0.244. The third-order valence-corrected chi connectivity index (χ3v) is 9.84. The highest BCUT2D eigenvalue weighted by molar-refractivity contribution is 7.92. The summed E-state index contributed by atoms with van der Waals surface area (Å²) in [6.07, 6.45) is 6.11. The van der Waals surface area contributed by atoms with Crippen molar-refractivity contribution >= 4 is 44.3 Å². The molecule has 2 saturated heterocycles. The van der Waals surface area contributed by atoms with E-state index in [1.807, 2.05) is 5.01 Å². The molecular formula is C24H30N6O4S2. The van der Waals surface area contributed by atoms with Crippen molar-refractivity contribution in [2.75, 3.05) is 44.6 Å². The Morgan fingerprint density at radius 3 is 2.42 bits per heavy atom. The number of thiazole rings is 1. The first-order chi connectivity index (χ1) is 17.4. The van der Waals surface area contributed by atoms with Crippen LogP contribution in [0.1, 0.15) is 36.1 Å². The highest BCUT2D eigenvalue weighted by Crippen LogP contribution is 2.33. The molecule has 0 atom stereocenters. The molecule has 0 unspecified atom stereocenters. The van der Waals surface area contributed by atoms with Crippen molar-refractivity contribution in [2.24, 2.45) is 5.10 Å². The fourth-order valence-electron chi connectivity index (χ4n) is 4.39. The van der Waals surface area contributed by atoms with Gasteiger partial charge in [-0.1, -0.05) is 12.1 Å². The number of aromatic nitrogens is 1. The monoisotopic (exact) mass is 530 g/mol. The van der Waals surface area contributed by atoms with Gasteiger partial charge < -0.3 is 4.90 Å². The molecule has 0 spiro atoms. The number of rotatable bonds is 9. The summed E-state index contributed by atoms with van der Waals surface area (Å²) in [4.78, 5) is 33.9. The highest BCUT2D eigenvalue weighted by Gasteiger charge is 2.36. The maximum Gasteiger partial charge on any atom is 0.278 e. The van der Waals surface area contributed by atoms with Gasteiger partial charge in [-0.15, -0.1) is 11.3 Å². The van der Waals surface area contributed by atoms with Crippen LogP contribution >= 0.6 is 11.3 Å². The zero-order valence-electron chi connectivity index (χ0n) is 20.0. The third-order valence-electron chi connectivity index (χ3n) is 6.67. The molecule has 36 heavy (non-hydrogen) atoms. The predicted octanol–water partition coefficient (Wildman–Crippen LogP) is 1.79. The first-order valence-electron chi connectivity index (χ1n) is 12.3. The lowest BCUT2D eigenvalue weighted by atomic mass is 10.1. The highest BCUT2D eigenvalue weighted by atomic mass is 32.2. The van der Waals surface area contributed by atoms with Crippen LogP contribution in [-0.4, -0.2) is 90.8 Å². The Hall–Kier alpha value is -2.83. The summed E-state index contributed by atoms with van der Waals surface area (Å²) in [6, 6.07) is 6.47. The zero-order chi connectivity index (χ0) is 25.1. The van der Waals surface area contributed by atoms with Crippen LogP contribution < -0.4 is 5.32 Å². The van der Waals surface area contributed by atoms with Gasteiger partial charge >= 0.3 is 0 Å². The van der Waals surface area contributed by atoms with Crippen LogP contribution in [0.4, 0.5) is 5.13 Å². The van der Waals surface area contributed by atoms with Crippen molar-refractivity contribution in [1.82, 2.24) is 19.8 Å². The molecule has 3 heterocycles. The van der Waals surface area contributed by atoms with Crippen molar-refractivity contribution in [3.8, 4) is 0 Å². The molecule has 2 aliphatic heterocycles. The second kappa shape index (κ2) is 10.7. The first-order valence-corrected chi connectivity index (χ1v) is 14.6. The van der Waals surface area contributed by atoms with Gasteiger partial charge in [0.25, 0.3) is 5.91 Å². The van der Waals surface area contributed by atoms with Crippen molar-refractivity contribution in [1.29, 1.82) is 0 Å². The van der Waals surface area contributed by atoms with Crippen molar-refractivity contribution < 1.29 is 18.0 Å². The number of carbonyl (C=O) groups excluding carboxylic acids is 2. The number of benzene rings is 1. The lowest BCUT2D eigenvalue weighted by Gasteiger charge is -2.31. The van der Waals surface area contributed by atoms with E-state index in [0.717, 1.165) is 50.3 Å². The Bertz CT molecular complexity index is 1230. The molecule has 2 amide bonds. The summed E-state index contributed by atoms with van der Waals surface area (Å²) in [5, 5.41) is 9.60. The average Bonchev–Trinajstić information content (AvgIpc) is 3.48. The number of amides is 2. The molecule has 10 nitrogen and oxygen atoms in total. The average molecular weight is 531 g/mol. The molecule has 1 aliphatic carbocycles. The summed E-state index contributed by atoms with van der Waals surface area (Å²) in [7, 11) is -3.30. The van der Waals surface area contributed by atoms with Crippen molar-refractivity contribution in [2.45, 2.75) is 42.4 Å². The number of sulfone groups is 1. The molecule has 12 heteroatoms. The fraction of sp³-hybridized carbons (Fsp3) is 0.500. The Morgan fingerprint density at radius 1 is 1.08 bits per heavy atom. The Labute approximate surface area is 214 Å². The number of carbonyl (C=O) groups is 2. The first kappa shape index (κ1) is 24.8. The molecule has 3 aliphatic rings. The van der Waals surface area contributed by atoms with Gasteiger partial charge in [0.15, 0.2) is 20.7 Å². The molecule has 1 aromatic heterocycles. The van der Waals surface area contributed by atoms with E-state index in [4.69, 9.17) is 0 Å². The van der Waals surface area contributed by atoms with Gasteiger partial charge in [0.2, 0.25) is 6.41 Å². The SMILES string of the molecule is O=CN1CCN(Cc2cnc(NC(=O)/C(=N/N3CCCC3)c3ccc(S(=O)(=O)C4CC4)cc3)s2)CC1. The van der Waals surface area contributed by atoms with Crippen LogP contribution in [-0.2, 0) is 26.0 Å². The van der Waals surface area contributed by atoms with Gasteiger partial charge in [-0.25, -0.2) is 13.4 Å². The van der Waals surface area contributed by atoms with E-state index in [2.05, 4.69) is 20.3 Å². The summed E-state index contributed by atoms with van der Waals surface area (Å²) in [5.74, 6) is -0.375. The minimum Gasteiger partial charge on any atom is -0.343 e. The normalized spacial score (nSPS) is 19.5. The summed E-state index contributed by atoms with van der Waals surface area (Å²) in [6.45, 7) is 5.31. The molecule has 5 rings (SSSR count). The van der Waals surface area contributed by atoms with E-state index < -0.39 is 9.84 Å². The molecular weight excluding hydrogens is 500 g/mol. The molecule has 1 aromatic carbocycles. The molecule has 1 saturated carbocycles. The van der Waals surface area contributed by atoms with Gasteiger partial charge in [-0.2, -0.15) is 5.10 Å². The Kier molecular flexibility index (Phi) is 7.35. The van der Waals surface area contributed by atoms with Gasteiger partial charge in [0.1, 0.15) is 0 Å². The maximum absolute atomic E-state index is 13.3. The van der Waals surface area contributed by atoms with Crippen molar-refractivity contribution in [3.63, 3.8) is 0 Å². The molecule has 2 aromatic rings.